The highest BCUT2D eigenvalue weighted by molar-refractivity contribution is 6.30. The highest BCUT2D eigenvalue weighted by Gasteiger charge is 2.62. The number of carboxylic acids is 1. The number of hydrogen-bond acceptors (Lipinski definition) is 2. The molecule has 0 saturated heterocycles. The van der Waals surface area contributed by atoms with E-state index in [1.165, 1.54) is 0 Å². The summed E-state index contributed by atoms with van der Waals surface area (Å²) in [5, 5.41) is 12.4. The fourth-order valence-corrected chi connectivity index (χ4v) is 3.17. The summed E-state index contributed by atoms with van der Waals surface area (Å²) in [7, 11) is 0. The van der Waals surface area contributed by atoms with Crippen LogP contribution in [0.1, 0.15) is 17.9 Å². The number of halogens is 1. The molecular weight excluding hydrogens is 316 g/mol. The van der Waals surface area contributed by atoms with E-state index in [-0.39, 0.29) is 12.3 Å². The van der Waals surface area contributed by atoms with Gasteiger partial charge in [0.2, 0.25) is 0 Å². The van der Waals surface area contributed by atoms with Gasteiger partial charge in [-0.1, -0.05) is 48.0 Å². The molecule has 2 unspecified atom stereocenters. The van der Waals surface area contributed by atoms with Crippen molar-refractivity contribution in [3.05, 3.63) is 59.1 Å². The van der Waals surface area contributed by atoms with Crippen LogP contribution in [0.25, 0.3) is 11.1 Å². The molecule has 5 nitrogen and oxygen atoms in total. The first-order valence-electron chi connectivity index (χ1n) is 7.10. The van der Waals surface area contributed by atoms with Crippen LogP contribution in [0.15, 0.2) is 48.5 Å². The second-order valence-corrected chi connectivity index (χ2v) is 6.06. The molecular formula is C17H15ClN2O3. The van der Waals surface area contributed by atoms with E-state index in [1.54, 1.807) is 12.1 Å². The van der Waals surface area contributed by atoms with Gasteiger partial charge in [-0.25, -0.2) is 9.59 Å². The number of aliphatic carboxylic acids is 1. The smallest absolute Gasteiger partial charge is 0.330 e. The molecule has 0 bridgehead atoms. The zero-order chi connectivity index (χ0) is 16.6. The predicted octanol–water partition coefficient (Wildman–Crippen LogP) is 2.99. The lowest BCUT2D eigenvalue weighted by atomic mass is 9.95. The lowest BCUT2D eigenvalue weighted by molar-refractivity contribution is -0.140. The summed E-state index contributed by atoms with van der Waals surface area (Å²) in [6.07, 6.45) is 0.283. The van der Waals surface area contributed by atoms with Gasteiger partial charge in [0, 0.05) is 10.9 Å². The highest BCUT2D eigenvalue weighted by Crippen LogP contribution is 2.54. The SMILES string of the molecule is NC(=O)NC1(C(=O)O)CC1c1cc(Cl)ccc1-c1ccccc1. The molecule has 0 heterocycles. The Labute approximate surface area is 138 Å². The molecule has 2 aromatic carbocycles. The number of hydrogen-bond donors (Lipinski definition) is 3. The third kappa shape index (κ3) is 2.75. The Morgan fingerprint density at radius 1 is 1.22 bits per heavy atom. The molecule has 2 amide bonds. The summed E-state index contributed by atoms with van der Waals surface area (Å²) < 4.78 is 0. The fraction of sp³-hybridized carbons (Fsp3) is 0.176. The van der Waals surface area contributed by atoms with Crippen LogP contribution in [0.2, 0.25) is 5.02 Å². The number of amides is 2. The maximum Gasteiger partial charge on any atom is 0.330 e. The number of carbonyl (C=O) groups excluding carboxylic acids is 1. The normalized spacial score (nSPS) is 22.4. The van der Waals surface area contributed by atoms with Gasteiger partial charge in [0.05, 0.1) is 0 Å². The van der Waals surface area contributed by atoms with Gasteiger partial charge >= 0.3 is 12.0 Å². The Morgan fingerprint density at radius 2 is 1.91 bits per heavy atom. The average Bonchev–Trinajstić information content (AvgIpc) is 3.23. The molecule has 6 heteroatoms. The van der Waals surface area contributed by atoms with Gasteiger partial charge in [-0.15, -0.1) is 0 Å². The molecule has 2 aromatic rings. The van der Waals surface area contributed by atoms with E-state index < -0.39 is 17.5 Å². The standard InChI is InChI=1S/C17H15ClN2O3/c18-11-6-7-12(10-4-2-1-3-5-10)13(8-11)14-9-17(14,15(21)22)20-16(19)23/h1-8,14H,9H2,(H,21,22)(H3,19,20,23). The van der Waals surface area contributed by atoms with Crippen LogP contribution in [-0.4, -0.2) is 22.6 Å². The third-order valence-electron chi connectivity index (χ3n) is 4.16. The molecule has 1 saturated carbocycles. The lowest BCUT2D eigenvalue weighted by Gasteiger charge is -2.16. The highest BCUT2D eigenvalue weighted by atomic mass is 35.5. The van der Waals surface area contributed by atoms with Crippen LogP contribution in [-0.2, 0) is 4.79 Å². The van der Waals surface area contributed by atoms with Crippen molar-refractivity contribution in [3.8, 4) is 11.1 Å². The van der Waals surface area contributed by atoms with Gasteiger partial charge < -0.3 is 16.2 Å². The van der Waals surface area contributed by atoms with Gasteiger partial charge in [-0.2, -0.15) is 0 Å². The second-order valence-electron chi connectivity index (χ2n) is 5.62. The number of carboxylic acid groups (broad SMARTS) is 1. The number of carbonyl (C=O) groups is 2. The van der Waals surface area contributed by atoms with Crippen LogP contribution in [0.4, 0.5) is 4.79 Å². The molecule has 0 aromatic heterocycles. The van der Waals surface area contributed by atoms with Crippen molar-refractivity contribution in [1.82, 2.24) is 5.32 Å². The second kappa shape index (κ2) is 5.59. The van der Waals surface area contributed by atoms with E-state index in [1.807, 2.05) is 36.4 Å². The van der Waals surface area contributed by atoms with Crippen molar-refractivity contribution in [2.75, 3.05) is 0 Å². The van der Waals surface area contributed by atoms with Crippen LogP contribution < -0.4 is 11.1 Å². The number of rotatable bonds is 4. The van der Waals surface area contributed by atoms with E-state index in [4.69, 9.17) is 17.3 Å². The topological polar surface area (TPSA) is 92.4 Å². The molecule has 0 aliphatic heterocycles. The molecule has 1 aliphatic rings. The Hall–Kier alpha value is -2.53. The lowest BCUT2D eigenvalue weighted by Crippen LogP contribution is -2.47. The number of urea groups is 1. The van der Waals surface area contributed by atoms with E-state index in [2.05, 4.69) is 5.32 Å². The van der Waals surface area contributed by atoms with Crippen molar-refractivity contribution in [2.24, 2.45) is 5.73 Å². The van der Waals surface area contributed by atoms with Gasteiger partial charge in [0.25, 0.3) is 0 Å². The Balaban J connectivity index is 2.06. The summed E-state index contributed by atoms with van der Waals surface area (Å²) in [4.78, 5) is 22.8. The van der Waals surface area contributed by atoms with Crippen LogP contribution in [0, 0.1) is 0 Å². The molecule has 0 radical (unpaired) electrons. The summed E-state index contributed by atoms with van der Waals surface area (Å²) in [5.41, 5.74) is 6.43. The number of nitrogens with two attached hydrogens (primary N) is 1. The van der Waals surface area contributed by atoms with Crippen molar-refractivity contribution >= 4 is 23.6 Å². The van der Waals surface area contributed by atoms with Crippen LogP contribution in [0.5, 0.6) is 0 Å². The number of nitrogens with one attached hydrogen (secondary N) is 1. The minimum atomic E-state index is -1.36. The number of primary amides is 1. The Kier molecular flexibility index (Phi) is 3.74. The molecule has 1 fully saturated rings. The molecule has 2 atom stereocenters. The van der Waals surface area contributed by atoms with Crippen molar-refractivity contribution in [2.45, 2.75) is 17.9 Å². The maximum atomic E-state index is 11.6. The molecule has 23 heavy (non-hydrogen) atoms. The summed E-state index contributed by atoms with van der Waals surface area (Å²) >= 11 is 6.10. The monoisotopic (exact) mass is 330 g/mol. The zero-order valence-electron chi connectivity index (χ0n) is 12.1. The molecule has 4 N–H and O–H groups in total. The van der Waals surface area contributed by atoms with E-state index >= 15 is 0 Å². The first-order valence-corrected chi connectivity index (χ1v) is 7.48. The third-order valence-corrected chi connectivity index (χ3v) is 4.40. The summed E-state index contributed by atoms with van der Waals surface area (Å²) in [5.74, 6) is -1.47. The zero-order valence-corrected chi connectivity index (χ0v) is 12.9. The van der Waals surface area contributed by atoms with E-state index in [0.29, 0.717) is 5.02 Å². The van der Waals surface area contributed by atoms with Gasteiger partial charge in [-0.3, -0.25) is 0 Å². The maximum absolute atomic E-state index is 11.6. The molecule has 0 spiro atoms. The van der Waals surface area contributed by atoms with Crippen LogP contribution in [0.3, 0.4) is 0 Å². The van der Waals surface area contributed by atoms with Crippen molar-refractivity contribution < 1.29 is 14.7 Å². The van der Waals surface area contributed by atoms with E-state index in [9.17, 15) is 14.7 Å². The van der Waals surface area contributed by atoms with Crippen LogP contribution >= 0.6 is 11.6 Å². The molecule has 3 rings (SSSR count). The van der Waals surface area contributed by atoms with Crippen molar-refractivity contribution in [3.63, 3.8) is 0 Å². The first-order chi connectivity index (χ1) is 10.9. The fourth-order valence-electron chi connectivity index (χ4n) is 2.99. The van der Waals surface area contributed by atoms with Gasteiger partial charge in [-0.05, 0) is 35.2 Å². The quantitative estimate of drug-likeness (QED) is 0.804. The minimum Gasteiger partial charge on any atom is -0.479 e. The van der Waals surface area contributed by atoms with Gasteiger partial charge in [0.15, 0.2) is 0 Å². The predicted molar refractivity (Wildman–Crippen MR) is 87.3 cm³/mol. The van der Waals surface area contributed by atoms with E-state index in [0.717, 1.165) is 16.7 Å². The summed E-state index contributed by atoms with van der Waals surface area (Å²) in [6.45, 7) is 0. The molecule has 1 aliphatic carbocycles. The minimum absolute atomic E-state index is 0.283. The molecule has 118 valence electrons. The number of benzene rings is 2. The average molecular weight is 331 g/mol. The van der Waals surface area contributed by atoms with Crippen molar-refractivity contribution in [1.29, 1.82) is 0 Å². The summed E-state index contributed by atoms with van der Waals surface area (Å²) in [6, 6.07) is 14.1. The Morgan fingerprint density at radius 3 is 2.52 bits per heavy atom. The Bertz CT molecular complexity index is 779. The first kappa shape index (κ1) is 15.4. The van der Waals surface area contributed by atoms with Gasteiger partial charge in [0.1, 0.15) is 5.54 Å². The largest absolute Gasteiger partial charge is 0.479 e.